The Hall–Kier alpha value is -1.80. The normalized spacial score (nSPS) is 50.2. The van der Waals surface area contributed by atoms with E-state index in [0.29, 0.717) is 12.0 Å². The van der Waals surface area contributed by atoms with Crippen molar-refractivity contribution in [3.63, 3.8) is 0 Å². The topological polar surface area (TPSA) is 106 Å². The fourth-order valence-corrected chi connectivity index (χ4v) is 4.53. The third-order valence-electron chi connectivity index (χ3n) is 6.12. The predicted molar refractivity (Wildman–Crippen MR) is 93.4 cm³/mol. The number of esters is 1. The lowest BCUT2D eigenvalue weighted by atomic mass is 9.76. The molecule has 0 spiro atoms. The standard InChI is InChI=1S/C20H24O7/c1-9(2)13-8-15-19-17(27-19)14(25-18(19)23)6-10(3)5-12(21)7-11(4)20(24,26-15)16(13)22/h5,7,13-17,22,24H,1,6,8H2,2-4H3/b10-5-,11-7-/t13-,14-,15+,16-,17-,19-,20+/m0/s1. The molecule has 7 atom stereocenters. The van der Waals surface area contributed by atoms with Crippen LogP contribution in [0.2, 0.25) is 0 Å². The maximum atomic E-state index is 12.6. The number of carbonyl (C=O) groups is 2. The molecule has 3 fully saturated rings. The minimum atomic E-state index is -2.13. The van der Waals surface area contributed by atoms with Crippen LogP contribution in [0.5, 0.6) is 0 Å². The molecule has 0 unspecified atom stereocenters. The Morgan fingerprint density at radius 1 is 1.26 bits per heavy atom. The Bertz CT molecular complexity index is 796. The van der Waals surface area contributed by atoms with E-state index >= 15 is 0 Å². The van der Waals surface area contributed by atoms with Crippen LogP contribution in [-0.2, 0) is 23.8 Å². The zero-order valence-electron chi connectivity index (χ0n) is 15.6. The van der Waals surface area contributed by atoms with E-state index in [4.69, 9.17) is 14.2 Å². The van der Waals surface area contributed by atoms with Gasteiger partial charge >= 0.3 is 5.97 Å². The van der Waals surface area contributed by atoms with Crippen LogP contribution in [0.25, 0.3) is 0 Å². The third kappa shape index (κ3) is 2.56. The lowest BCUT2D eigenvalue weighted by molar-refractivity contribution is -0.297. The minimum absolute atomic E-state index is 0.164. The molecule has 0 saturated carbocycles. The van der Waals surface area contributed by atoms with Crippen LogP contribution < -0.4 is 0 Å². The number of allylic oxidation sites excluding steroid dienone is 2. The summed E-state index contributed by atoms with van der Waals surface area (Å²) < 4.78 is 17.1. The van der Waals surface area contributed by atoms with Crippen LogP contribution in [0.1, 0.15) is 33.6 Å². The Balaban J connectivity index is 1.85. The molecule has 146 valence electrons. The summed E-state index contributed by atoms with van der Waals surface area (Å²) in [7, 11) is 0. The van der Waals surface area contributed by atoms with Crippen LogP contribution in [0.3, 0.4) is 0 Å². The number of epoxide rings is 1. The molecule has 0 aromatic heterocycles. The summed E-state index contributed by atoms with van der Waals surface area (Å²) in [5, 5.41) is 22.0. The van der Waals surface area contributed by atoms with Crippen molar-refractivity contribution in [2.75, 3.05) is 0 Å². The van der Waals surface area contributed by atoms with Crippen molar-refractivity contribution in [3.05, 3.63) is 35.5 Å². The van der Waals surface area contributed by atoms with Gasteiger partial charge in [0, 0.05) is 12.3 Å². The van der Waals surface area contributed by atoms with E-state index in [1.54, 1.807) is 13.8 Å². The number of hydrogen-bond donors (Lipinski definition) is 2. The van der Waals surface area contributed by atoms with Gasteiger partial charge in [0.1, 0.15) is 24.4 Å². The molecule has 4 aliphatic heterocycles. The van der Waals surface area contributed by atoms with Gasteiger partial charge in [-0.2, -0.15) is 0 Å². The molecule has 3 saturated heterocycles. The second kappa shape index (κ2) is 5.85. The molecule has 4 aliphatic rings. The van der Waals surface area contributed by atoms with E-state index < -0.39 is 47.7 Å². The summed E-state index contributed by atoms with van der Waals surface area (Å²) in [6, 6.07) is 0. The molecule has 4 rings (SSSR count). The van der Waals surface area contributed by atoms with Crippen molar-refractivity contribution in [1.82, 2.24) is 0 Å². The summed E-state index contributed by atoms with van der Waals surface area (Å²) in [6.07, 6.45) is 0.170. The average Bonchev–Trinajstić information content (AvgIpc) is 3.26. The first-order valence-electron chi connectivity index (χ1n) is 9.12. The summed E-state index contributed by atoms with van der Waals surface area (Å²) in [5.74, 6) is -3.52. The van der Waals surface area contributed by atoms with Crippen LogP contribution >= 0.6 is 0 Å². The first-order chi connectivity index (χ1) is 12.6. The smallest absolute Gasteiger partial charge is 0.344 e. The molecule has 0 amide bonds. The van der Waals surface area contributed by atoms with E-state index in [0.717, 1.165) is 5.57 Å². The van der Waals surface area contributed by atoms with E-state index in [1.165, 1.54) is 19.1 Å². The molecule has 4 heterocycles. The van der Waals surface area contributed by atoms with Crippen molar-refractivity contribution >= 4 is 11.8 Å². The van der Waals surface area contributed by atoms with Gasteiger partial charge in [0.05, 0.1) is 0 Å². The highest BCUT2D eigenvalue weighted by Crippen LogP contribution is 2.56. The van der Waals surface area contributed by atoms with Crippen molar-refractivity contribution in [1.29, 1.82) is 0 Å². The Kier molecular flexibility index (Phi) is 4.02. The molecule has 2 N–H and O–H groups in total. The van der Waals surface area contributed by atoms with Gasteiger partial charge in [-0.25, -0.2) is 4.79 Å². The van der Waals surface area contributed by atoms with Crippen molar-refractivity contribution in [3.8, 4) is 0 Å². The molecule has 7 heteroatoms. The van der Waals surface area contributed by atoms with Crippen LogP contribution in [-0.4, -0.2) is 57.8 Å². The van der Waals surface area contributed by atoms with Crippen molar-refractivity contribution in [2.24, 2.45) is 5.92 Å². The average molecular weight is 376 g/mol. The number of ketones is 1. The Labute approximate surface area is 157 Å². The predicted octanol–water partition coefficient (Wildman–Crippen LogP) is 0.945. The molecule has 0 aromatic rings. The van der Waals surface area contributed by atoms with Gasteiger partial charge in [0.15, 0.2) is 5.78 Å². The zero-order chi connectivity index (χ0) is 19.7. The summed E-state index contributed by atoms with van der Waals surface area (Å²) in [6.45, 7) is 8.95. The first-order valence-corrected chi connectivity index (χ1v) is 9.12. The maximum Gasteiger partial charge on any atom is 0.344 e. The van der Waals surface area contributed by atoms with Gasteiger partial charge in [-0.15, -0.1) is 0 Å². The van der Waals surface area contributed by atoms with Gasteiger partial charge in [-0.1, -0.05) is 17.7 Å². The number of ether oxygens (including phenoxy) is 3. The SMILES string of the molecule is C=C(C)[C@@H]1C[C@H]2O[C@](O)(/C(C)=C\C(=O)/C=C(/C)C[C@@H]3OC(=O)[C@]24O[C@@H]34)[C@H]1O. The second-order valence-electron chi connectivity index (χ2n) is 8.14. The minimum Gasteiger partial charge on any atom is -0.457 e. The van der Waals surface area contributed by atoms with E-state index in [9.17, 15) is 19.8 Å². The number of fused-ring (bicyclic) bond motifs is 2. The largest absolute Gasteiger partial charge is 0.457 e. The fourth-order valence-electron chi connectivity index (χ4n) is 4.53. The fraction of sp³-hybridized carbons (Fsp3) is 0.600. The highest BCUT2D eigenvalue weighted by Gasteiger charge is 2.78. The van der Waals surface area contributed by atoms with E-state index in [1.807, 2.05) is 0 Å². The van der Waals surface area contributed by atoms with E-state index in [-0.39, 0.29) is 17.8 Å². The lowest BCUT2D eigenvalue weighted by Gasteiger charge is -2.46. The van der Waals surface area contributed by atoms with Gasteiger partial charge < -0.3 is 24.4 Å². The van der Waals surface area contributed by atoms with Crippen LogP contribution in [0.4, 0.5) is 0 Å². The van der Waals surface area contributed by atoms with Crippen molar-refractivity contribution in [2.45, 2.75) is 69.4 Å². The first kappa shape index (κ1) is 18.6. The van der Waals surface area contributed by atoms with Gasteiger partial charge in [0.25, 0.3) is 0 Å². The summed E-state index contributed by atoms with van der Waals surface area (Å²) in [4.78, 5) is 25.0. The Morgan fingerprint density at radius 2 is 1.96 bits per heavy atom. The number of rotatable bonds is 1. The molecule has 0 aliphatic carbocycles. The molecule has 27 heavy (non-hydrogen) atoms. The molecular weight excluding hydrogens is 352 g/mol. The quantitative estimate of drug-likeness (QED) is 0.399. The van der Waals surface area contributed by atoms with Crippen LogP contribution in [0, 0.1) is 5.92 Å². The van der Waals surface area contributed by atoms with Crippen molar-refractivity contribution < 1.29 is 34.0 Å². The number of carbonyl (C=O) groups excluding carboxylic acids is 2. The lowest BCUT2D eigenvalue weighted by Crippen LogP contribution is -2.60. The second-order valence-corrected chi connectivity index (χ2v) is 8.14. The highest BCUT2D eigenvalue weighted by molar-refractivity contribution is 6.00. The highest BCUT2D eigenvalue weighted by atomic mass is 16.7. The molecule has 7 nitrogen and oxygen atoms in total. The number of aliphatic hydroxyl groups is 2. The maximum absolute atomic E-state index is 12.6. The molecular formula is C20H24O7. The number of aliphatic hydroxyl groups excluding tert-OH is 1. The molecule has 0 aromatic carbocycles. The molecule has 4 bridgehead atoms. The van der Waals surface area contributed by atoms with Gasteiger partial charge in [-0.05, 0) is 44.9 Å². The third-order valence-corrected chi connectivity index (χ3v) is 6.12. The van der Waals surface area contributed by atoms with E-state index in [2.05, 4.69) is 6.58 Å². The van der Waals surface area contributed by atoms with Crippen LogP contribution in [0.15, 0.2) is 35.5 Å². The summed E-state index contributed by atoms with van der Waals surface area (Å²) >= 11 is 0. The monoisotopic (exact) mass is 376 g/mol. The summed E-state index contributed by atoms with van der Waals surface area (Å²) in [5.41, 5.74) is 0.271. The van der Waals surface area contributed by atoms with Gasteiger partial charge in [-0.3, -0.25) is 4.79 Å². The Morgan fingerprint density at radius 3 is 2.59 bits per heavy atom. The number of hydrogen-bond acceptors (Lipinski definition) is 7. The van der Waals surface area contributed by atoms with Gasteiger partial charge in [0.2, 0.25) is 11.4 Å². The molecule has 0 radical (unpaired) electrons. The zero-order valence-corrected chi connectivity index (χ0v) is 15.6.